The van der Waals surface area contributed by atoms with Crippen LogP contribution in [0.1, 0.15) is 6.42 Å². The normalized spacial score (nSPS) is 43.1. The molecular formula is C11H6Cl3FN2. The number of dihydropyridines is 1. The van der Waals surface area contributed by atoms with Crippen LogP contribution in [0.2, 0.25) is 0 Å². The van der Waals surface area contributed by atoms with Crippen LogP contribution in [0.15, 0.2) is 27.2 Å². The molecule has 0 aromatic rings. The minimum atomic E-state index is -1.11. The molecule has 88 valence electrons. The van der Waals surface area contributed by atoms with Crippen molar-refractivity contribution in [2.75, 3.05) is 0 Å². The average molecular weight is 292 g/mol. The predicted molar refractivity (Wildman–Crippen MR) is 65.2 cm³/mol. The van der Waals surface area contributed by atoms with Gasteiger partial charge in [-0.15, -0.1) is 11.6 Å². The summed E-state index contributed by atoms with van der Waals surface area (Å²) < 4.78 is 13.9. The summed E-state index contributed by atoms with van der Waals surface area (Å²) in [5, 5.41) is 8.84. The zero-order valence-electron chi connectivity index (χ0n) is 8.42. The van der Waals surface area contributed by atoms with Crippen molar-refractivity contribution in [2.24, 2.45) is 10.9 Å². The Labute approximate surface area is 112 Å². The Hall–Kier alpha value is -0.560. The summed E-state index contributed by atoms with van der Waals surface area (Å²) in [6, 6.07) is 1.88. The topological polar surface area (TPSA) is 36.1 Å². The van der Waals surface area contributed by atoms with Crippen molar-refractivity contribution in [1.29, 1.82) is 5.26 Å². The molecule has 0 saturated heterocycles. The Morgan fingerprint density at radius 2 is 2.24 bits per heavy atom. The van der Waals surface area contributed by atoms with E-state index in [1.807, 2.05) is 6.07 Å². The maximum atomic E-state index is 13.9. The summed E-state index contributed by atoms with van der Waals surface area (Å²) in [6.45, 7) is 0. The van der Waals surface area contributed by atoms with E-state index in [0.29, 0.717) is 12.0 Å². The Morgan fingerprint density at radius 1 is 1.53 bits per heavy atom. The molecule has 4 unspecified atom stereocenters. The number of rotatable bonds is 0. The monoisotopic (exact) mass is 290 g/mol. The largest absolute Gasteiger partial charge is 0.257 e. The molecule has 2 nitrogen and oxygen atoms in total. The number of alkyl halides is 2. The molecule has 3 rings (SSSR count). The van der Waals surface area contributed by atoms with Crippen molar-refractivity contribution < 1.29 is 4.39 Å². The third-order valence-corrected chi connectivity index (χ3v) is 4.52. The molecule has 1 fully saturated rings. The molecule has 4 atom stereocenters. The smallest absolute Gasteiger partial charge is 0.144 e. The van der Waals surface area contributed by atoms with Gasteiger partial charge < -0.3 is 0 Å². The van der Waals surface area contributed by atoms with E-state index in [2.05, 4.69) is 4.99 Å². The van der Waals surface area contributed by atoms with Gasteiger partial charge in [0.1, 0.15) is 28.5 Å². The van der Waals surface area contributed by atoms with Crippen molar-refractivity contribution in [3.63, 3.8) is 0 Å². The molecule has 1 heterocycles. The van der Waals surface area contributed by atoms with E-state index in [1.54, 1.807) is 6.08 Å². The van der Waals surface area contributed by atoms with E-state index in [1.165, 1.54) is 0 Å². The van der Waals surface area contributed by atoms with Crippen molar-refractivity contribution in [1.82, 2.24) is 0 Å². The number of halogens is 4. The van der Waals surface area contributed by atoms with Crippen LogP contribution in [0.3, 0.4) is 0 Å². The van der Waals surface area contributed by atoms with Gasteiger partial charge in [-0.3, -0.25) is 4.99 Å². The second kappa shape index (κ2) is 3.47. The predicted octanol–water partition coefficient (Wildman–Crippen LogP) is 3.30. The fraction of sp³-hybridized carbons (Fsp3) is 0.455. The van der Waals surface area contributed by atoms with Crippen LogP contribution in [0, 0.1) is 17.2 Å². The molecule has 0 bridgehead atoms. The second-order valence-electron chi connectivity index (χ2n) is 4.37. The van der Waals surface area contributed by atoms with Crippen molar-refractivity contribution in [2.45, 2.75) is 23.5 Å². The fourth-order valence-electron chi connectivity index (χ4n) is 2.66. The van der Waals surface area contributed by atoms with Crippen LogP contribution in [0.5, 0.6) is 0 Å². The summed E-state index contributed by atoms with van der Waals surface area (Å²) >= 11 is 18.0. The quantitative estimate of drug-likeness (QED) is 0.631. The third kappa shape index (κ3) is 1.29. The average Bonchev–Trinajstić information content (AvgIpc) is 2.82. The van der Waals surface area contributed by atoms with Crippen LogP contribution in [-0.2, 0) is 0 Å². The number of aliphatic imine (C=N–C) groups is 1. The number of allylic oxidation sites excluding steroid dienone is 2. The minimum absolute atomic E-state index is 0.00665. The highest BCUT2D eigenvalue weighted by molar-refractivity contribution is 6.71. The summed E-state index contributed by atoms with van der Waals surface area (Å²) in [7, 11) is 0. The molecule has 3 aliphatic rings. The number of nitriles is 1. The van der Waals surface area contributed by atoms with Crippen LogP contribution >= 0.6 is 34.8 Å². The highest BCUT2D eigenvalue weighted by Gasteiger charge is 2.71. The molecule has 6 heteroatoms. The highest BCUT2D eigenvalue weighted by Crippen LogP contribution is 2.63. The lowest BCUT2D eigenvalue weighted by Crippen LogP contribution is -2.27. The third-order valence-electron chi connectivity index (χ3n) is 3.55. The Balaban J connectivity index is 2.21. The van der Waals surface area contributed by atoms with Crippen molar-refractivity contribution >= 4 is 40.0 Å². The first kappa shape index (κ1) is 11.5. The standard InChI is InChI=1S/C11H6Cl3FN2/c12-4-1-6-8(13)5(3-16)10(14)17-11(6)7(2-4)9(11)15/h1,4,7,9H,2H2. The number of hydrogen-bond acceptors (Lipinski definition) is 2. The lowest BCUT2D eigenvalue weighted by Gasteiger charge is -2.26. The first-order valence-electron chi connectivity index (χ1n) is 5.08. The zero-order chi connectivity index (χ0) is 12.4. The van der Waals surface area contributed by atoms with Crippen molar-refractivity contribution in [3.8, 4) is 6.07 Å². The summed E-state index contributed by atoms with van der Waals surface area (Å²) in [6.07, 6.45) is 1.09. The van der Waals surface area contributed by atoms with E-state index in [0.717, 1.165) is 0 Å². The summed E-state index contributed by atoms with van der Waals surface area (Å²) in [5.74, 6) is -0.271. The molecule has 0 radical (unpaired) electrons. The molecule has 0 aromatic heterocycles. The van der Waals surface area contributed by atoms with Crippen LogP contribution in [0.25, 0.3) is 0 Å². The molecule has 17 heavy (non-hydrogen) atoms. The van der Waals surface area contributed by atoms with Gasteiger partial charge in [0.25, 0.3) is 0 Å². The van der Waals surface area contributed by atoms with Gasteiger partial charge in [0, 0.05) is 11.5 Å². The van der Waals surface area contributed by atoms with Crippen LogP contribution in [0.4, 0.5) is 4.39 Å². The highest BCUT2D eigenvalue weighted by atomic mass is 35.5. The summed E-state index contributed by atoms with van der Waals surface area (Å²) in [4.78, 5) is 4.14. The molecule has 2 aliphatic carbocycles. The van der Waals surface area contributed by atoms with Gasteiger partial charge in [-0.2, -0.15) is 5.26 Å². The van der Waals surface area contributed by atoms with Crippen molar-refractivity contribution in [3.05, 3.63) is 22.3 Å². The maximum Gasteiger partial charge on any atom is 0.144 e. The Morgan fingerprint density at radius 3 is 2.88 bits per heavy atom. The molecule has 0 aromatic carbocycles. The van der Waals surface area contributed by atoms with Gasteiger partial charge in [-0.1, -0.05) is 29.3 Å². The van der Waals surface area contributed by atoms with Gasteiger partial charge in [-0.25, -0.2) is 4.39 Å². The molecule has 1 aliphatic heterocycles. The SMILES string of the molecule is N#CC1=C(Cl)C2=CC(Cl)CC3C(F)C23N=C1Cl. The van der Waals surface area contributed by atoms with E-state index in [4.69, 9.17) is 40.1 Å². The maximum absolute atomic E-state index is 13.9. The molecule has 0 amide bonds. The van der Waals surface area contributed by atoms with E-state index in [-0.39, 0.29) is 27.1 Å². The van der Waals surface area contributed by atoms with Gasteiger partial charge in [0.2, 0.25) is 0 Å². The lowest BCUT2D eigenvalue weighted by molar-refractivity contribution is 0.427. The molecule has 1 saturated carbocycles. The van der Waals surface area contributed by atoms with E-state index >= 15 is 0 Å². The Kier molecular flexibility index (Phi) is 2.36. The zero-order valence-corrected chi connectivity index (χ0v) is 10.7. The lowest BCUT2D eigenvalue weighted by atomic mass is 9.90. The van der Waals surface area contributed by atoms with Gasteiger partial charge >= 0.3 is 0 Å². The van der Waals surface area contributed by atoms with Crippen LogP contribution in [-0.4, -0.2) is 22.3 Å². The van der Waals surface area contributed by atoms with E-state index in [9.17, 15) is 4.39 Å². The van der Waals surface area contributed by atoms with E-state index < -0.39 is 11.7 Å². The Bertz CT molecular complexity index is 545. The molecule has 1 spiro atoms. The fourth-order valence-corrected chi connectivity index (χ4v) is 3.65. The van der Waals surface area contributed by atoms with Gasteiger partial charge in [0.05, 0.1) is 10.4 Å². The number of nitrogens with zero attached hydrogens (tertiary/aromatic N) is 2. The van der Waals surface area contributed by atoms with Gasteiger partial charge in [0.15, 0.2) is 0 Å². The van der Waals surface area contributed by atoms with Gasteiger partial charge in [-0.05, 0) is 6.42 Å². The molecular weight excluding hydrogens is 285 g/mol. The first-order chi connectivity index (χ1) is 8.02. The minimum Gasteiger partial charge on any atom is -0.257 e. The summed E-state index contributed by atoms with van der Waals surface area (Å²) in [5.41, 5.74) is -0.363. The van der Waals surface area contributed by atoms with Crippen LogP contribution < -0.4 is 0 Å². The number of hydrogen-bond donors (Lipinski definition) is 0. The first-order valence-corrected chi connectivity index (χ1v) is 6.28. The second-order valence-corrected chi connectivity index (χ2v) is 5.67. The molecule has 0 N–H and O–H groups in total.